The van der Waals surface area contributed by atoms with Crippen molar-refractivity contribution in [2.24, 2.45) is 5.92 Å². The predicted molar refractivity (Wildman–Crippen MR) is 190 cm³/mol. The van der Waals surface area contributed by atoms with Gasteiger partial charge in [-0.25, -0.2) is 0 Å². The summed E-state index contributed by atoms with van der Waals surface area (Å²) in [6.45, 7) is 5.82. The molecule has 1 heteroatoms. The summed E-state index contributed by atoms with van der Waals surface area (Å²) in [5, 5.41) is 0. The van der Waals surface area contributed by atoms with Gasteiger partial charge in [0.2, 0.25) is 0 Å². The molecular formula is C40H75N. The highest BCUT2D eigenvalue weighted by atomic mass is 15.1. The molecule has 0 radical (unpaired) electrons. The molecule has 0 aromatic carbocycles. The lowest BCUT2D eigenvalue weighted by molar-refractivity contribution is 0.286. The van der Waals surface area contributed by atoms with Crippen molar-refractivity contribution in [1.82, 2.24) is 4.90 Å². The molecule has 0 aromatic rings. The minimum Gasteiger partial charge on any atom is -0.309 e. The summed E-state index contributed by atoms with van der Waals surface area (Å²) in [6.07, 6.45) is 54.2. The van der Waals surface area contributed by atoms with E-state index in [1.54, 1.807) is 0 Å². The van der Waals surface area contributed by atoms with Crippen molar-refractivity contribution in [2.45, 2.75) is 181 Å². The number of allylic oxidation sites excluding steroid dienone is 8. The first-order valence-corrected chi connectivity index (χ1v) is 18.4. The predicted octanol–water partition coefficient (Wildman–Crippen LogP) is 13.6. The van der Waals surface area contributed by atoms with Gasteiger partial charge in [-0.3, -0.25) is 0 Å². The Balaban J connectivity index is 3.62. The van der Waals surface area contributed by atoms with Gasteiger partial charge in [0.25, 0.3) is 0 Å². The molecule has 0 saturated heterocycles. The van der Waals surface area contributed by atoms with E-state index < -0.39 is 0 Å². The fraction of sp³-hybridized carbons (Fsp3) is 0.800. The standard InChI is InChI=1S/C40H75N/c1-5-7-9-11-13-15-17-19-21-23-25-27-29-31-33-35-37-40(39-41(3)4)38-36-34-32-30-28-26-24-22-20-18-16-14-12-10-8-6-2/h13-16,19-22,40H,5-12,17-18,23-39H2,1-4H3/b15-13-,16-14-,21-19-,22-20-. The van der Waals surface area contributed by atoms with E-state index in [1.165, 1.54) is 161 Å². The maximum atomic E-state index is 2.41. The van der Waals surface area contributed by atoms with Crippen molar-refractivity contribution < 1.29 is 0 Å². The Kier molecular flexibility index (Phi) is 34.2. The quantitative estimate of drug-likeness (QED) is 0.0575. The molecule has 0 aromatic heterocycles. The Morgan fingerprint density at radius 3 is 1.05 bits per heavy atom. The van der Waals surface area contributed by atoms with Crippen molar-refractivity contribution in [1.29, 1.82) is 0 Å². The van der Waals surface area contributed by atoms with Crippen LogP contribution in [-0.2, 0) is 0 Å². The smallest absolute Gasteiger partial charge is 0.000356 e. The molecule has 0 amide bonds. The van der Waals surface area contributed by atoms with Crippen LogP contribution in [0.1, 0.15) is 181 Å². The SMILES string of the molecule is CCCCC/C=C\C/C=C\CCCCCCCCC(CCCCCCCC/C=C\C/C=C\CCCCC)CN(C)C. The van der Waals surface area contributed by atoms with Gasteiger partial charge in [-0.1, -0.05) is 152 Å². The number of unbranched alkanes of at least 4 members (excludes halogenated alkanes) is 18. The van der Waals surface area contributed by atoms with E-state index >= 15 is 0 Å². The summed E-state index contributed by atoms with van der Waals surface area (Å²) < 4.78 is 0. The minimum atomic E-state index is 0.904. The zero-order valence-electron chi connectivity index (χ0n) is 28.7. The Morgan fingerprint density at radius 2 is 0.707 bits per heavy atom. The van der Waals surface area contributed by atoms with Crippen LogP contribution < -0.4 is 0 Å². The highest BCUT2D eigenvalue weighted by molar-refractivity contribution is 4.93. The molecule has 0 saturated carbocycles. The summed E-state index contributed by atoms with van der Waals surface area (Å²) in [6, 6.07) is 0. The van der Waals surface area contributed by atoms with Crippen LogP contribution in [0.5, 0.6) is 0 Å². The van der Waals surface area contributed by atoms with E-state index in [9.17, 15) is 0 Å². The first-order valence-electron chi connectivity index (χ1n) is 18.4. The molecule has 0 spiro atoms. The minimum absolute atomic E-state index is 0.904. The van der Waals surface area contributed by atoms with E-state index in [-0.39, 0.29) is 0 Å². The van der Waals surface area contributed by atoms with Gasteiger partial charge in [0.15, 0.2) is 0 Å². The molecule has 0 rings (SSSR count). The highest BCUT2D eigenvalue weighted by Crippen LogP contribution is 2.20. The van der Waals surface area contributed by atoms with Crippen molar-refractivity contribution in [3.63, 3.8) is 0 Å². The van der Waals surface area contributed by atoms with E-state index in [4.69, 9.17) is 0 Å². The fourth-order valence-corrected chi connectivity index (χ4v) is 5.69. The molecule has 0 aliphatic heterocycles. The van der Waals surface area contributed by atoms with Crippen LogP contribution in [0.3, 0.4) is 0 Å². The Hall–Kier alpha value is -1.08. The molecule has 0 N–H and O–H groups in total. The molecule has 0 atom stereocenters. The van der Waals surface area contributed by atoms with Crippen molar-refractivity contribution in [3.05, 3.63) is 48.6 Å². The molecule has 0 unspecified atom stereocenters. The highest BCUT2D eigenvalue weighted by Gasteiger charge is 2.09. The Bertz CT molecular complexity index is 548. The monoisotopic (exact) mass is 570 g/mol. The Labute approximate surface area is 260 Å². The molecule has 1 nitrogen and oxygen atoms in total. The number of nitrogens with zero attached hydrogens (tertiary/aromatic N) is 1. The summed E-state index contributed by atoms with van der Waals surface area (Å²) >= 11 is 0. The second-order valence-corrected chi connectivity index (χ2v) is 12.9. The maximum Gasteiger partial charge on any atom is 0.000356 e. The summed E-state index contributed by atoms with van der Waals surface area (Å²) in [7, 11) is 4.51. The summed E-state index contributed by atoms with van der Waals surface area (Å²) in [5.41, 5.74) is 0. The zero-order chi connectivity index (χ0) is 29.9. The number of rotatable bonds is 32. The average molecular weight is 570 g/mol. The van der Waals surface area contributed by atoms with Crippen molar-refractivity contribution in [3.8, 4) is 0 Å². The maximum absolute atomic E-state index is 2.41. The van der Waals surface area contributed by atoms with Crippen LogP contribution in [0, 0.1) is 5.92 Å². The first-order chi connectivity index (χ1) is 20.2. The lowest BCUT2D eigenvalue weighted by atomic mass is 9.93. The van der Waals surface area contributed by atoms with Crippen LogP contribution >= 0.6 is 0 Å². The van der Waals surface area contributed by atoms with Crippen LogP contribution in [0.15, 0.2) is 48.6 Å². The van der Waals surface area contributed by atoms with Gasteiger partial charge in [0, 0.05) is 6.54 Å². The van der Waals surface area contributed by atoms with Gasteiger partial charge in [-0.05, 0) is 97.1 Å². The van der Waals surface area contributed by atoms with Crippen LogP contribution in [0.25, 0.3) is 0 Å². The van der Waals surface area contributed by atoms with E-state index in [1.807, 2.05) is 0 Å². The number of hydrogen-bond acceptors (Lipinski definition) is 1. The third-order valence-electron chi connectivity index (χ3n) is 8.25. The fourth-order valence-electron chi connectivity index (χ4n) is 5.69. The van der Waals surface area contributed by atoms with Crippen LogP contribution in [0.4, 0.5) is 0 Å². The van der Waals surface area contributed by atoms with Crippen molar-refractivity contribution in [2.75, 3.05) is 20.6 Å². The van der Waals surface area contributed by atoms with Gasteiger partial charge in [0.05, 0.1) is 0 Å². The normalized spacial score (nSPS) is 12.6. The second kappa shape index (κ2) is 35.1. The summed E-state index contributed by atoms with van der Waals surface area (Å²) in [4.78, 5) is 2.41. The average Bonchev–Trinajstić information content (AvgIpc) is 2.96. The van der Waals surface area contributed by atoms with E-state index in [2.05, 4.69) is 81.5 Å². The summed E-state index contributed by atoms with van der Waals surface area (Å²) in [5.74, 6) is 0.904. The first kappa shape index (κ1) is 39.9. The third-order valence-corrected chi connectivity index (χ3v) is 8.25. The topological polar surface area (TPSA) is 3.24 Å². The molecule has 0 fully saturated rings. The van der Waals surface area contributed by atoms with E-state index in [0.717, 1.165) is 18.8 Å². The molecule has 0 aliphatic carbocycles. The molecule has 0 heterocycles. The van der Waals surface area contributed by atoms with Gasteiger partial charge in [-0.15, -0.1) is 0 Å². The molecule has 240 valence electrons. The van der Waals surface area contributed by atoms with Gasteiger partial charge in [-0.2, -0.15) is 0 Å². The third kappa shape index (κ3) is 35.0. The van der Waals surface area contributed by atoms with Gasteiger partial charge < -0.3 is 4.90 Å². The molecular weight excluding hydrogens is 494 g/mol. The van der Waals surface area contributed by atoms with Crippen LogP contribution in [0.2, 0.25) is 0 Å². The van der Waals surface area contributed by atoms with Gasteiger partial charge >= 0.3 is 0 Å². The lowest BCUT2D eigenvalue weighted by Crippen LogP contribution is -2.21. The molecule has 41 heavy (non-hydrogen) atoms. The second-order valence-electron chi connectivity index (χ2n) is 12.9. The van der Waals surface area contributed by atoms with Crippen LogP contribution in [-0.4, -0.2) is 25.5 Å². The van der Waals surface area contributed by atoms with Crippen molar-refractivity contribution >= 4 is 0 Å². The Morgan fingerprint density at radius 1 is 0.390 bits per heavy atom. The number of hydrogen-bond donors (Lipinski definition) is 0. The molecule has 0 aliphatic rings. The lowest BCUT2D eigenvalue weighted by Gasteiger charge is -2.21. The van der Waals surface area contributed by atoms with E-state index in [0.29, 0.717) is 0 Å². The zero-order valence-corrected chi connectivity index (χ0v) is 28.7. The molecule has 0 bridgehead atoms. The largest absolute Gasteiger partial charge is 0.309 e. The van der Waals surface area contributed by atoms with Gasteiger partial charge in [0.1, 0.15) is 0 Å².